The summed E-state index contributed by atoms with van der Waals surface area (Å²) in [6.45, 7) is 4.24. The van der Waals surface area contributed by atoms with E-state index in [1.54, 1.807) is 0 Å². The predicted octanol–water partition coefficient (Wildman–Crippen LogP) is 10.7. The molecule has 260 valence electrons. The zero-order chi connectivity index (χ0) is 35.7. The monoisotopic (exact) mass is 726 g/mol. The molecule has 8 heteroatoms. The molecule has 0 aliphatic heterocycles. The maximum atomic E-state index is 11.5. The van der Waals surface area contributed by atoms with Crippen molar-refractivity contribution in [2.24, 2.45) is 11.1 Å². The maximum Gasteiger partial charge on any atom is 0.303 e. The molecule has 5 nitrogen and oxygen atoms in total. The number of nitrogens with zero attached hydrogens (tertiary/aromatic N) is 1. The number of nitrogens with two attached hydrogens (primary N) is 1. The van der Waals surface area contributed by atoms with Gasteiger partial charge in [-0.2, -0.15) is 11.8 Å². The van der Waals surface area contributed by atoms with E-state index in [-0.39, 0.29) is 17.1 Å². The highest BCUT2D eigenvalue weighted by atomic mass is 35.5. The fourth-order valence-electron chi connectivity index (χ4n) is 5.98. The fraction of sp³-hybridized carbons (Fsp3) is 0.286. The Morgan fingerprint density at radius 3 is 2.36 bits per heavy atom. The van der Waals surface area contributed by atoms with Crippen LogP contribution in [0.4, 0.5) is 0 Å². The van der Waals surface area contributed by atoms with Crippen LogP contribution >= 0.6 is 35.0 Å². The van der Waals surface area contributed by atoms with Crippen LogP contribution in [0.15, 0.2) is 103 Å². The summed E-state index contributed by atoms with van der Waals surface area (Å²) in [5.74, 6) is 0.122. The number of pyridine rings is 1. The van der Waals surface area contributed by atoms with Gasteiger partial charge >= 0.3 is 5.97 Å². The average molecular weight is 728 g/mol. The summed E-state index contributed by atoms with van der Waals surface area (Å²) in [5, 5.41) is 22.9. The number of hydrogen-bond donors (Lipinski definition) is 3. The summed E-state index contributed by atoms with van der Waals surface area (Å²) >= 11 is 13.7. The lowest BCUT2D eigenvalue weighted by Gasteiger charge is -2.24. The number of aliphatic hydroxyl groups is 1. The zero-order valence-electron chi connectivity index (χ0n) is 28.5. The van der Waals surface area contributed by atoms with Crippen LogP contribution < -0.4 is 5.73 Å². The fourth-order valence-corrected chi connectivity index (χ4v) is 7.84. The van der Waals surface area contributed by atoms with E-state index in [2.05, 4.69) is 42.5 Å². The third kappa shape index (κ3) is 10.9. The van der Waals surface area contributed by atoms with E-state index in [4.69, 9.17) is 33.9 Å². The van der Waals surface area contributed by atoms with E-state index in [1.807, 2.05) is 98.4 Å². The standard InChI is InChI=1S/C35H36ClNO3S.C7H8ClN/c1-34(2,40)30-9-4-3-7-25(30)13-17-32(41-23-35(18-19-35)22-33(38)39)27-8-5-6-24(20-27)10-15-29-16-12-26-11-14-28(36)21-31(26)37-29;8-7-3-1-6(5-9)2-4-7/h3-12,14-16,20-21,32,40H,13,17-19,22-23H2,1-2H3,(H,38,39);1-4H,5,9H2/t32-;/m1./s1. The van der Waals surface area contributed by atoms with Crippen LogP contribution in [0.5, 0.6) is 0 Å². The molecule has 1 atom stereocenters. The summed E-state index contributed by atoms with van der Waals surface area (Å²) in [6, 6.07) is 34.0. The maximum absolute atomic E-state index is 11.5. The number of halogens is 2. The third-order valence-corrected chi connectivity index (χ3v) is 11.2. The molecule has 4 aromatic carbocycles. The van der Waals surface area contributed by atoms with Gasteiger partial charge < -0.3 is 15.9 Å². The Labute approximate surface area is 309 Å². The van der Waals surface area contributed by atoms with Crippen LogP contribution in [0.2, 0.25) is 10.0 Å². The first kappa shape index (κ1) is 37.6. The number of thioether (sulfide) groups is 1. The van der Waals surface area contributed by atoms with Crippen LogP contribution in [-0.4, -0.2) is 26.9 Å². The topological polar surface area (TPSA) is 96.4 Å². The van der Waals surface area contributed by atoms with Crippen LogP contribution in [0, 0.1) is 5.41 Å². The smallest absolute Gasteiger partial charge is 0.303 e. The van der Waals surface area contributed by atoms with Crippen LogP contribution in [0.25, 0.3) is 23.1 Å². The van der Waals surface area contributed by atoms with Crippen molar-refractivity contribution in [1.29, 1.82) is 0 Å². The molecule has 5 aromatic rings. The number of aliphatic carboxylic acids is 1. The Kier molecular flexibility index (Phi) is 12.8. The summed E-state index contributed by atoms with van der Waals surface area (Å²) < 4.78 is 0. The molecule has 0 unspecified atom stereocenters. The first-order chi connectivity index (χ1) is 23.9. The molecule has 0 saturated heterocycles. The molecule has 1 aromatic heterocycles. The van der Waals surface area contributed by atoms with Crippen molar-refractivity contribution >= 4 is 64.0 Å². The Morgan fingerprint density at radius 2 is 1.66 bits per heavy atom. The molecule has 6 rings (SSSR count). The third-order valence-electron chi connectivity index (χ3n) is 8.98. The van der Waals surface area contributed by atoms with Crippen molar-refractivity contribution in [3.05, 3.63) is 147 Å². The number of rotatable bonds is 13. The molecular formula is C42H44Cl2N2O3S. The van der Waals surface area contributed by atoms with Crippen molar-refractivity contribution in [3.63, 3.8) is 0 Å². The normalized spacial score (nSPS) is 14.3. The van der Waals surface area contributed by atoms with Crippen LogP contribution in [-0.2, 0) is 23.4 Å². The molecular weight excluding hydrogens is 683 g/mol. The number of carbonyl (C=O) groups is 1. The Morgan fingerprint density at radius 1 is 0.940 bits per heavy atom. The lowest BCUT2D eigenvalue weighted by Crippen LogP contribution is -2.18. The second-order valence-corrected chi connectivity index (χ2v) is 15.6. The average Bonchev–Trinajstić information content (AvgIpc) is 3.86. The highest BCUT2D eigenvalue weighted by Gasteiger charge is 2.44. The van der Waals surface area contributed by atoms with E-state index in [1.165, 1.54) is 5.56 Å². The van der Waals surface area contributed by atoms with Crippen molar-refractivity contribution in [2.75, 3.05) is 5.75 Å². The van der Waals surface area contributed by atoms with Crippen molar-refractivity contribution < 1.29 is 15.0 Å². The number of benzene rings is 4. The molecule has 0 spiro atoms. The van der Waals surface area contributed by atoms with Gasteiger partial charge in [-0.15, -0.1) is 0 Å². The van der Waals surface area contributed by atoms with E-state index in [0.29, 0.717) is 11.6 Å². The zero-order valence-corrected chi connectivity index (χ0v) is 30.8. The van der Waals surface area contributed by atoms with Gasteiger partial charge in [-0.05, 0) is 109 Å². The second kappa shape index (κ2) is 17.0. The van der Waals surface area contributed by atoms with Gasteiger partial charge in [-0.25, -0.2) is 4.98 Å². The highest BCUT2D eigenvalue weighted by Crippen LogP contribution is 2.53. The number of aryl methyl sites for hydroxylation is 1. The number of carboxylic acids is 1. The molecule has 50 heavy (non-hydrogen) atoms. The minimum atomic E-state index is -0.911. The van der Waals surface area contributed by atoms with Crippen molar-refractivity contribution in [3.8, 4) is 0 Å². The van der Waals surface area contributed by atoms with Gasteiger partial charge in [0, 0.05) is 33.0 Å². The van der Waals surface area contributed by atoms with Crippen molar-refractivity contribution in [2.45, 2.75) is 63.3 Å². The Bertz CT molecular complexity index is 1930. The van der Waals surface area contributed by atoms with Crippen LogP contribution in [0.3, 0.4) is 0 Å². The van der Waals surface area contributed by atoms with E-state index >= 15 is 0 Å². The van der Waals surface area contributed by atoms with Gasteiger partial charge in [0.25, 0.3) is 0 Å². The molecule has 1 saturated carbocycles. The van der Waals surface area contributed by atoms with E-state index in [0.717, 1.165) is 75.3 Å². The van der Waals surface area contributed by atoms with Gasteiger partial charge in [0.05, 0.1) is 23.2 Å². The lowest BCUT2D eigenvalue weighted by molar-refractivity contribution is -0.138. The summed E-state index contributed by atoms with van der Waals surface area (Å²) in [6.07, 6.45) is 8.02. The second-order valence-electron chi connectivity index (χ2n) is 13.5. The minimum absolute atomic E-state index is 0.0814. The molecule has 0 amide bonds. The predicted molar refractivity (Wildman–Crippen MR) is 211 cm³/mol. The first-order valence-electron chi connectivity index (χ1n) is 16.9. The van der Waals surface area contributed by atoms with Crippen molar-refractivity contribution in [1.82, 2.24) is 4.98 Å². The molecule has 4 N–H and O–H groups in total. The molecule has 1 aliphatic rings. The first-order valence-corrected chi connectivity index (χ1v) is 18.7. The number of fused-ring (bicyclic) bond motifs is 1. The number of carboxylic acid groups (broad SMARTS) is 1. The summed E-state index contributed by atoms with van der Waals surface area (Å²) in [5.41, 5.74) is 11.6. The van der Waals surface area contributed by atoms with E-state index in [9.17, 15) is 15.0 Å². The SMILES string of the molecule is CC(C)(O)c1ccccc1CC[C@@H](SCC1(CC(=O)O)CC1)c1cccc(C=Cc2ccc3ccc(Cl)cc3n2)c1.NCc1ccc(Cl)cc1. The van der Waals surface area contributed by atoms with Gasteiger partial charge in [-0.3, -0.25) is 4.79 Å². The molecule has 0 bridgehead atoms. The minimum Gasteiger partial charge on any atom is -0.481 e. The molecule has 0 radical (unpaired) electrons. The Hall–Kier alpha value is -3.65. The quantitative estimate of drug-likeness (QED) is 0.112. The van der Waals surface area contributed by atoms with Gasteiger partial charge in [0.1, 0.15) is 0 Å². The highest BCUT2D eigenvalue weighted by molar-refractivity contribution is 7.99. The lowest BCUT2D eigenvalue weighted by atomic mass is 9.90. The molecule has 1 aliphatic carbocycles. The molecule has 1 fully saturated rings. The summed E-state index contributed by atoms with van der Waals surface area (Å²) in [4.78, 5) is 16.2. The largest absolute Gasteiger partial charge is 0.481 e. The van der Waals surface area contributed by atoms with Gasteiger partial charge in [0.15, 0.2) is 0 Å². The van der Waals surface area contributed by atoms with E-state index < -0.39 is 11.6 Å². The molecule has 1 heterocycles. The van der Waals surface area contributed by atoms with Gasteiger partial charge in [0.2, 0.25) is 0 Å². The number of hydrogen-bond acceptors (Lipinski definition) is 5. The number of aromatic nitrogens is 1. The Balaban J connectivity index is 0.000000470. The summed E-state index contributed by atoms with van der Waals surface area (Å²) in [7, 11) is 0. The van der Waals surface area contributed by atoms with Crippen LogP contribution in [0.1, 0.15) is 78.3 Å². The van der Waals surface area contributed by atoms with Gasteiger partial charge in [-0.1, -0.05) is 102 Å².